The van der Waals surface area contributed by atoms with Gasteiger partial charge in [-0.2, -0.15) is 0 Å². The van der Waals surface area contributed by atoms with E-state index in [1.54, 1.807) is 25.3 Å². The van der Waals surface area contributed by atoms with Gasteiger partial charge >= 0.3 is 0 Å². The molecule has 2 aromatic heterocycles. The summed E-state index contributed by atoms with van der Waals surface area (Å²) in [5.41, 5.74) is 0. The highest BCUT2D eigenvalue weighted by Gasteiger charge is 2.18. The number of rotatable bonds is 5. The molecule has 0 aromatic carbocycles. The summed E-state index contributed by atoms with van der Waals surface area (Å²) >= 11 is 0. The second-order valence-corrected chi connectivity index (χ2v) is 5.71. The average Bonchev–Trinajstić information content (AvgIpc) is 2.82. The van der Waals surface area contributed by atoms with Crippen LogP contribution in [0.2, 0.25) is 0 Å². The zero-order valence-corrected chi connectivity index (χ0v) is 10.7. The Morgan fingerprint density at radius 3 is 2.83 bits per heavy atom. The van der Waals surface area contributed by atoms with Crippen molar-refractivity contribution in [1.82, 2.24) is 9.71 Å². The first-order valence-electron chi connectivity index (χ1n) is 5.52. The topological polar surface area (TPSA) is 72.2 Å². The molecule has 0 radical (unpaired) electrons. The fraction of sp³-hybridized carbons (Fsp3) is 0.250. The van der Waals surface area contributed by atoms with Gasteiger partial charge in [-0.1, -0.05) is 0 Å². The van der Waals surface area contributed by atoms with Crippen molar-refractivity contribution < 1.29 is 12.8 Å². The van der Waals surface area contributed by atoms with Gasteiger partial charge in [0, 0.05) is 24.9 Å². The maximum absolute atomic E-state index is 12.0. The number of furan rings is 1. The summed E-state index contributed by atoms with van der Waals surface area (Å²) in [4.78, 5) is 3.96. The maximum Gasteiger partial charge on any atom is 0.242 e. The lowest BCUT2D eigenvalue weighted by Crippen LogP contribution is -2.34. The first-order valence-corrected chi connectivity index (χ1v) is 7.01. The van der Waals surface area contributed by atoms with Crippen LogP contribution < -0.4 is 4.72 Å². The molecule has 0 spiro atoms. The summed E-state index contributed by atoms with van der Waals surface area (Å²) in [6.07, 6.45) is 4.93. The van der Waals surface area contributed by atoms with Crippen LogP contribution in [0.5, 0.6) is 0 Å². The second kappa shape index (κ2) is 5.32. The standard InChI is InChI=1S/C12H14N2O3S/c1-10(8-11-4-3-7-17-11)14-18(15,16)12-5-2-6-13-9-12/h2-7,9-10,14H,8H2,1H3/t10-/m1/s1. The highest BCUT2D eigenvalue weighted by atomic mass is 32.2. The van der Waals surface area contributed by atoms with Crippen LogP contribution >= 0.6 is 0 Å². The highest BCUT2D eigenvalue weighted by Crippen LogP contribution is 2.09. The van der Waals surface area contributed by atoms with Crippen LogP contribution in [0.15, 0.2) is 52.2 Å². The zero-order chi connectivity index (χ0) is 13.0. The van der Waals surface area contributed by atoms with Crippen LogP contribution in [0.1, 0.15) is 12.7 Å². The van der Waals surface area contributed by atoms with Crippen LogP contribution in [-0.2, 0) is 16.4 Å². The van der Waals surface area contributed by atoms with Gasteiger partial charge in [0.1, 0.15) is 10.7 Å². The highest BCUT2D eigenvalue weighted by molar-refractivity contribution is 7.89. The van der Waals surface area contributed by atoms with Crippen molar-refractivity contribution in [2.24, 2.45) is 0 Å². The third kappa shape index (κ3) is 3.18. The van der Waals surface area contributed by atoms with E-state index in [2.05, 4.69) is 9.71 Å². The molecule has 2 rings (SSSR count). The fourth-order valence-corrected chi connectivity index (χ4v) is 2.82. The van der Waals surface area contributed by atoms with Gasteiger partial charge in [-0.15, -0.1) is 0 Å². The summed E-state index contributed by atoms with van der Waals surface area (Å²) in [5.74, 6) is 0.747. The minimum Gasteiger partial charge on any atom is -0.469 e. The average molecular weight is 266 g/mol. The fourth-order valence-electron chi connectivity index (χ4n) is 1.61. The Labute approximate surface area is 106 Å². The molecule has 96 valence electrons. The monoisotopic (exact) mass is 266 g/mol. The van der Waals surface area contributed by atoms with E-state index >= 15 is 0 Å². The molecular formula is C12H14N2O3S. The number of nitrogens with zero attached hydrogens (tertiary/aromatic N) is 1. The Bertz CT molecular complexity index is 579. The summed E-state index contributed by atoms with van der Waals surface area (Å²) in [6.45, 7) is 1.79. The van der Waals surface area contributed by atoms with Crippen molar-refractivity contribution in [1.29, 1.82) is 0 Å². The van der Waals surface area contributed by atoms with Crippen LogP contribution in [0.3, 0.4) is 0 Å². The number of sulfonamides is 1. The number of hydrogen-bond donors (Lipinski definition) is 1. The lowest BCUT2D eigenvalue weighted by atomic mass is 10.2. The number of hydrogen-bond acceptors (Lipinski definition) is 4. The Morgan fingerprint density at radius 2 is 2.22 bits per heavy atom. The molecule has 0 fully saturated rings. The lowest BCUT2D eigenvalue weighted by molar-refractivity contribution is 0.479. The molecule has 18 heavy (non-hydrogen) atoms. The molecule has 0 saturated heterocycles. The molecule has 0 unspecified atom stereocenters. The number of nitrogens with one attached hydrogen (secondary N) is 1. The summed E-state index contributed by atoms with van der Waals surface area (Å²) in [5, 5.41) is 0. The quantitative estimate of drug-likeness (QED) is 0.892. The molecule has 1 atom stereocenters. The van der Waals surface area contributed by atoms with Crippen LogP contribution in [0, 0.1) is 0 Å². The maximum atomic E-state index is 12.0. The molecule has 0 aliphatic carbocycles. The molecule has 2 aromatic rings. The van der Waals surface area contributed by atoms with Gasteiger partial charge in [0.25, 0.3) is 0 Å². The summed E-state index contributed by atoms with van der Waals surface area (Å²) < 4.78 is 31.7. The smallest absolute Gasteiger partial charge is 0.242 e. The van der Waals surface area contributed by atoms with E-state index in [0.29, 0.717) is 6.42 Å². The Kier molecular flexibility index (Phi) is 3.78. The predicted molar refractivity (Wildman–Crippen MR) is 66.4 cm³/mol. The summed E-state index contributed by atoms with van der Waals surface area (Å²) in [6, 6.07) is 6.44. The van der Waals surface area contributed by atoms with Crippen molar-refractivity contribution in [3.63, 3.8) is 0 Å². The molecule has 0 aliphatic rings. The van der Waals surface area contributed by atoms with Gasteiger partial charge < -0.3 is 4.42 Å². The molecular weight excluding hydrogens is 252 g/mol. The molecule has 5 nitrogen and oxygen atoms in total. The van der Waals surface area contributed by atoms with E-state index in [4.69, 9.17) is 4.42 Å². The van der Waals surface area contributed by atoms with Gasteiger partial charge in [0.2, 0.25) is 10.0 Å². The zero-order valence-electron chi connectivity index (χ0n) is 9.91. The largest absolute Gasteiger partial charge is 0.469 e. The molecule has 0 saturated carbocycles. The molecule has 2 heterocycles. The van der Waals surface area contributed by atoms with Gasteiger partial charge in [-0.3, -0.25) is 4.98 Å². The van der Waals surface area contributed by atoms with Crippen molar-refractivity contribution in [3.8, 4) is 0 Å². The van der Waals surface area contributed by atoms with Crippen molar-refractivity contribution in [2.75, 3.05) is 0 Å². The van der Waals surface area contributed by atoms with Crippen LogP contribution in [0.4, 0.5) is 0 Å². The summed E-state index contributed by atoms with van der Waals surface area (Å²) in [7, 11) is -3.52. The number of pyridine rings is 1. The Balaban J connectivity index is 2.05. The second-order valence-electron chi connectivity index (χ2n) is 3.99. The van der Waals surface area contributed by atoms with E-state index < -0.39 is 10.0 Å². The van der Waals surface area contributed by atoms with Crippen LogP contribution in [-0.4, -0.2) is 19.4 Å². The number of aromatic nitrogens is 1. The molecule has 6 heteroatoms. The van der Waals surface area contributed by atoms with Gasteiger partial charge in [-0.05, 0) is 31.2 Å². The first kappa shape index (κ1) is 12.8. The molecule has 1 N–H and O–H groups in total. The van der Waals surface area contributed by atoms with Crippen molar-refractivity contribution in [3.05, 3.63) is 48.7 Å². The van der Waals surface area contributed by atoms with E-state index in [1.807, 2.05) is 6.07 Å². The predicted octanol–water partition coefficient (Wildman–Crippen LogP) is 1.58. The molecule has 0 aliphatic heterocycles. The minimum atomic E-state index is -3.52. The van der Waals surface area contributed by atoms with E-state index in [-0.39, 0.29) is 10.9 Å². The van der Waals surface area contributed by atoms with E-state index in [0.717, 1.165) is 5.76 Å². The molecule has 0 amide bonds. The van der Waals surface area contributed by atoms with Gasteiger partial charge in [0.15, 0.2) is 0 Å². The Morgan fingerprint density at radius 1 is 1.39 bits per heavy atom. The third-order valence-corrected chi connectivity index (χ3v) is 3.96. The van der Waals surface area contributed by atoms with Gasteiger partial charge in [0.05, 0.1) is 6.26 Å². The van der Waals surface area contributed by atoms with Crippen molar-refractivity contribution >= 4 is 10.0 Å². The Hall–Kier alpha value is -1.66. The minimum absolute atomic E-state index is 0.163. The van der Waals surface area contributed by atoms with Crippen molar-refractivity contribution in [2.45, 2.75) is 24.3 Å². The lowest BCUT2D eigenvalue weighted by Gasteiger charge is -2.12. The van der Waals surface area contributed by atoms with Gasteiger partial charge in [-0.25, -0.2) is 13.1 Å². The van der Waals surface area contributed by atoms with E-state index in [1.165, 1.54) is 18.5 Å². The van der Waals surface area contributed by atoms with Crippen LogP contribution in [0.25, 0.3) is 0 Å². The van der Waals surface area contributed by atoms with E-state index in [9.17, 15) is 8.42 Å². The molecule has 0 bridgehead atoms. The normalized spacial score (nSPS) is 13.4. The first-order chi connectivity index (χ1) is 8.58. The third-order valence-electron chi connectivity index (χ3n) is 2.39. The SMILES string of the molecule is C[C@H](Cc1ccco1)NS(=O)(=O)c1cccnc1.